The summed E-state index contributed by atoms with van der Waals surface area (Å²) in [4.78, 5) is 0. The van der Waals surface area contributed by atoms with E-state index in [2.05, 4.69) is 74.5 Å². The molecule has 0 heteroatoms. The molecular weight excluding hydrogens is 288 g/mol. The maximum absolute atomic E-state index is 2.31. The van der Waals surface area contributed by atoms with Crippen LogP contribution in [0, 0.1) is 0 Å². The van der Waals surface area contributed by atoms with E-state index in [9.17, 15) is 0 Å². The molecule has 0 aliphatic heterocycles. The van der Waals surface area contributed by atoms with Crippen molar-refractivity contribution < 1.29 is 0 Å². The molecule has 4 rings (SSSR count). The van der Waals surface area contributed by atoms with Crippen molar-refractivity contribution in [1.82, 2.24) is 0 Å². The van der Waals surface area contributed by atoms with E-state index >= 15 is 0 Å². The van der Waals surface area contributed by atoms with E-state index in [4.69, 9.17) is 0 Å². The fourth-order valence-corrected chi connectivity index (χ4v) is 4.16. The summed E-state index contributed by atoms with van der Waals surface area (Å²) in [6, 6.07) is 22.6. The first-order valence-corrected chi connectivity index (χ1v) is 9.19. The van der Waals surface area contributed by atoms with Crippen molar-refractivity contribution in [3.8, 4) is 0 Å². The highest BCUT2D eigenvalue weighted by molar-refractivity contribution is 6.26. The van der Waals surface area contributed by atoms with Gasteiger partial charge < -0.3 is 0 Å². The zero-order valence-corrected chi connectivity index (χ0v) is 14.6. The van der Waals surface area contributed by atoms with Crippen LogP contribution in [0.1, 0.15) is 37.8 Å². The van der Waals surface area contributed by atoms with Gasteiger partial charge in [-0.2, -0.15) is 0 Å². The maximum Gasteiger partial charge on any atom is -0.00668 e. The molecule has 4 aromatic carbocycles. The Bertz CT molecular complexity index is 900. The summed E-state index contributed by atoms with van der Waals surface area (Å²) in [6.07, 6.45) is 4.64. The van der Waals surface area contributed by atoms with Crippen molar-refractivity contribution in [3.05, 3.63) is 71.8 Å². The van der Waals surface area contributed by atoms with Crippen LogP contribution in [0.15, 0.2) is 60.7 Å². The second kappa shape index (κ2) is 6.28. The Balaban J connectivity index is 2.27. The first-order chi connectivity index (χ1) is 11.8. The minimum atomic E-state index is 1.14. The van der Waals surface area contributed by atoms with Crippen molar-refractivity contribution in [1.29, 1.82) is 0 Å². The van der Waals surface area contributed by atoms with E-state index in [1.165, 1.54) is 56.3 Å². The fraction of sp³-hybridized carbons (Fsp3) is 0.250. The lowest BCUT2D eigenvalue weighted by Crippen LogP contribution is -1.92. The molecule has 0 bridgehead atoms. The Morgan fingerprint density at radius 1 is 0.500 bits per heavy atom. The van der Waals surface area contributed by atoms with E-state index in [1.54, 1.807) is 0 Å². The fourth-order valence-electron chi connectivity index (χ4n) is 4.16. The summed E-state index contributed by atoms with van der Waals surface area (Å²) in [5.41, 5.74) is 2.96. The van der Waals surface area contributed by atoms with Crippen LogP contribution in [0.3, 0.4) is 0 Å². The lowest BCUT2D eigenvalue weighted by atomic mass is 9.88. The summed E-state index contributed by atoms with van der Waals surface area (Å²) in [7, 11) is 0. The number of fused-ring (bicyclic) bond motifs is 6. The van der Waals surface area contributed by atoms with Gasteiger partial charge in [0.15, 0.2) is 0 Å². The average Bonchev–Trinajstić information content (AvgIpc) is 2.62. The highest BCUT2D eigenvalue weighted by atomic mass is 14.2. The van der Waals surface area contributed by atoms with Gasteiger partial charge in [0.1, 0.15) is 0 Å². The predicted octanol–water partition coefficient (Wildman–Crippen LogP) is 7.05. The van der Waals surface area contributed by atoms with Crippen molar-refractivity contribution in [2.45, 2.75) is 39.5 Å². The van der Waals surface area contributed by atoms with Gasteiger partial charge in [0.2, 0.25) is 0 Å². The SMILES string of the molecule is CCCc1cccc2c3cccc(CCC)c3c3ccccc3c12. The molecule has 0 nitrogen and oxygen atoms in total. The summed E-state index contributed by atoms with van der Waals surface area (Å²) in [5, 5.41) is 8.55. The van der Waals surface area contributed by atoms with Crippen LogP contribution >= 0.6 is 0 Å². The summed E-state index contributed by atoms with van der Waals surface area (Å²) in [5.74, 6) is 0. The van der Waals surface area contributed by atoms with Crippen LogP contribution in [-0.4, -0.2) is 0 Å². The normalized spacial score (nSPS) is 11.6. The topological polar surface area (TPSA) is 0 Å². The van der Waals surface area contributed by atoms with Gasteiger partial charge in [0.25, 0.3) is 0 Å². The van der Waals surface area contributed by atoms with Crippen molar-refractivity contribution in [2.24, 2.45) is 0 Å². The summed E-state index contributed by atoms with van der Waals surface area (Å²) < 4.78 is 0. The molecule has 0 unspecified atom stereocenters. The summed E-state index contributed by atoms with van der Waals surface area (Å²) in [6.45, 7) is 4.53. The molecule has 0 aliphatic rings. The van der Waals surface area contributed by atoms with Crippen LogP contribution in [0.25, 0.3) is 32.3 Å². The predicted molar refractivity (Wildman–Crippen MR) is 107 cm³/mol. The molecule has 0 saturated heterocycles. The van der Waals surface area contributed by atoms with Crippen LogP contribution < -0.4 is 0 Å². The molecule has 0 N–H and O–H groups in total. The molecule has 4 aromatic rings. The lowest BCUT2D eigenvalue weighted by molar-refractivity contribution is 0.929. The van der Waals surface area contributed by atoms with Gasteiger partial charge in [0.05, 0.1) is 0 Å². The quantitative estimate of drug-likeness (QED) is 0.354. The lowest BCUT2D eigenvalue weighted by Gasteiger charge is -2.16. The maximum atomic E-state index is 2.31. The molecule has 0 heterocycles. The number of aryl methyl sites for hydroxylation is 2. The third kappa shape index (κ3) is 2.29. The third-order valence-corrected chi connectivity index (χ3v) is 5.10. The monoisotopic (exact) mass is 312 g/mol. The van der Waals surface area contributed by atoms with Gasteiger partial charge in [-0.3, -0.25) is 0 Å². The zero-order valence-electron chi connectivity index (χ0n) is 14.6. The number of benzene rings is 4. The Morgan fingerprint density at radius 3 is 1.25 bits per heavy atom. The molecular formula is C24H24. The molecule has 0 radical (unpaired) electrons. The molecule has 0 saturated carbocycles. The number of hydrogen-bond donors (Lipinski definition) is 0. The van der Waals surface area contributed by atoms with Crippen molar-refractivity contribution >= 4 is 32.3 Å². The average molecular weight is 312 g/mol. The van der Waals surface area contributed by atoms with E-state index in [0.29, 0.717) is 0 Å². The Morgan fingerprint density at radius 2 is 0.875 bits per heavy atom. The molecule has 0 aromatic heterocycles. The van der Waals surface area contributed by atoms with Gasteiger partial charge in [-0.05, 0) is 56.3 Å². The smallest absolute Gasteiger partial charge is 0.00668 e. The Hall–Kier alpha value is -2.34. The highest BCUT2D eigenvalue weighted by Crippen LogP contribution is 2.38. The number of hydrogen-bond acceptors (Lipinski definition) is 0. The van der Waals surface area contributed by atoms with Gasteiger partial charge in [0, 0.05) is 0 Å². The second-order valence-electron chi connectivity index (χ2n) is 6.72. The van der Waals surface area contributed by atoms with Gasteiger partial charge in [-0.25, -0.2) is 0 Å². The molecule has 120 valence electrons. The second-order valence-corrected chi connectivity index (χ2v) is 6.72. The molecule has 0 spiro atoms. The van der Waals surface area contributed by atoms with Crippen LogP contribution in [0.5, 0.6) is 0 Å². The molecule has 0 fully saturated rings. The van der Waals surface area contributed by atoms with E-state index in [1.807, 2.05) is 0 Å². The van der Waals surface area contributed by atoms with E-state index in [0.717, 1.165) is 12.8 Å². The summed E-state index contributed by atoms with van der Waals surface area (Å²) >= 11 is 0. The minimum Gasteiger partial charge on any atom is -0.0651 e. The largest absolute Gasteiger partial charge is 0.0651 e. The molecule has 0 atom stereocenters. The zero-order chi connectivity index (χ0) is 16.5. The van der Waals surface area contributed by atoms with Gasteiger partial charge in [-0.1, -0.05) is 87.4 Å². The molecule has 24 heavy (non-hydrogen) atoms. The first-order valence-electron chi connectivity index (χ1n) is 9.19. The third-order valence-electron chi connectivity index (χ3n) is 5.10. The number of rotatable bonds is 4. The molecule has 0 aliphatic carbocycles. The first kappa shape index (κ1) is 15.2. The highest BCUT2D eigenvalue weighted by Gasteiger charge is 2.13. The Labute approximate surface area is 144 Å². The minimum absolute atomic E-state index is 1.14. The Kier molecular flexibility index (Phi) is 3.98. The van der Waals surface area contributed by atoms with Crippen LogP contribution in [0.4, 0.5) is 0 Å². The van der Waals surface area contributed by atoms with Crippen LogP contribution in [-0.2, 0) is 12.8 Å². The van der Waals surface area contributed by atoms with Gasteiger partial charge >= 0.3 is 0 Å². The van der Waals surface area contributed by atoms with E-state index in [-0.39, 0.29) is 0 Å². The standard InChI is InChI=1S/C24H24/c1-3-9-17-11-7-15-21-22-16-8-12-18(10-4-2)24(22)20-14-6-5-13-19(20)23(17)21/h5-8,11-16H,3-4,9-10H2,1-2H3. The van der Waals surface area contributed by atoms with Gasteiger partial charge in [-0.15, -0.1) is 0 Å². The van der Waals surface area contributed by atoms with Crippen molar-refractivity contribution in [3.63, 3.8) is 0 Å². The van der Waals surface area contributed by atoms with E-state index < -0.39 is 0 Å². The molecule has 0 amide bonds. The van der Waals surface area contributed by atoms with Crippen LogP contribution in [0.2, 0.25) is 0 Å². The van der Waals surface area contributed by atoms with Crippen molar-refractivity contribution in [2.75, 3.05) is 0 Å².